The highest BCUT2D eigenvalue weighted by molar-refractivity contribution is 7.80. The Morgan fingerprint density at radius 2 is 2.19 bits per heavy atom. The molecule has 1 aliphatic heterocycles. The molecule has 0 bridgehead atoms. The van der Waals surface area contributed by atoms with Gasteiger partial charge in [-0.1, -0.05) is 18.0 Å². The van der Waals surface area contributed by atoms with Crippen molar-refractivity contribution in [1.82, 2.24) is 24.8 Å². The van der Waals surface area contributed by atoms with Crippen LogP contribution in [0.4, 0.5) is 10.2 Å². The Hall–Kier alpha value is -2.14. The Kier molecular flexibility index (Phi) is 5.41. The average molecular weight is 464 g/mol. The number of aromatic amines is 1. The van der Waals surface area contributed by atoms with Crippen LogP contribution >= 0.6 is 11.6 Å². The molecule has 0 radical (unpaired) electrons. The van der Waals surface area contributed by atoms with E-state index in [-0.39, 0.29) is 11.9 Å². The molecule has 1 aliphatic carbocycles. The number of hydrogen-bond acceptors (Lipinski definition) is 7. The minimum atomic E-state index is -2.15. The number of hydrogen-bond donors (Lipinski definition) is 2. The molecule has 3 aromatic heterocycles. The smallest absolute Gasteiger partial charge is 0.183 e. The highest BCUT2D eigenvalue weighted by Gasteiger charge is 2.52. The van der Waals surface area contributed by atoms with Gasteiger partial charge in [0, 0.05) is 35.9 Å². The van der Waals surface area contributed by atoms with E-state index in [2.05, 4.69) is 30.2 Å². The first kappa shape index (κ1) is 20.7. The number of likely N-dealkylation sites (tertiary alicyclic amines) is 1. The van der Waals surface area contributed by atoms with Crippen LogP contribution in [0.15, 0.2) is 24.7 Å². The molecule has 11 heteroatoms. The van der Waals surface area contributed by atoms with E-state index in [4.69, 9.17) is 11.6 Å². The normalized spacial score (nSPS) is 21.8. The average Bonchev–Trinajstić information content (AvgIpc) is 3.48. The van der Waals surface area contributed by atoms with E-state index in [1.807, 2.05) is 0 Å². The molecular formula is C20H21ClFN6O2S-. The second kappa shape index (κ2) is 8.09. The van der Waals surface area contributed by atoms with Crippen LogP contribution in [-0.4, -0.2) is 57.6 Å². The van der Waals surface area contributed by atoms with Crippen LogP contribution < -0.4 is 5.32 Å². The van der Waals surface area contributed by atoms with E-state index in [0.717, 1.165) is 37.4 Å². The van der Waals surface area contributed by atoms with Gasteiger partial charge in [0.15, 0.2) is 17.5 Å². The maximum absolute atomic E-state index is 14.5. The molecule has 2 N–H and O–H groups in total. The van der Waals surface area contributed by atoms with E-state index in [0.29, 0.717) is 41.4 Å². The number of nitrogens with zero attached hydrogens (tertiary/aromatic N) is 4. The maximum atomic E-state index is 14.5. The fraction of sp³-hybridized carbons (Fsp3) is 0.450. The predicted octanol–water partition coefficient (Wildman–Crippen LogP) is 3.45. The van der Waals surface area contributed by atoms with Gasteiger partial charge in [-0.2, -0.15) is 0 Å². The van der Waals surface area contributed by atoms with Crippen molar-refractivity contribution in [2.45, 2.75) is 43.0 Å². The lowest BCUT2D eigenvalue weighted by Gasteiger charge is -2.42. The summed E-state index contributed by atoms with van der Waals surface area (Å²) in [4.78, 5) is 17.1. The Bertz CT molecular complexity index is 1150. The van der Waals surface area contributed by atoms with Crippen molar-refractivity contribution in [1.29, 1.82) is 0 Å². The number of fused-ring (bicyclic) bond motifs is 1. The van der Waals surface area contributed by atoms with Crippen molar-refractivity contribution in [3.8, 4) is 11.4 Å². The van der Waals surface area contributed by atoms with Gasteiger partial charge in [0.1, 0.15) is 5.65 Å². The van der Waals surface area contributed by atoms with Gasteiger partial charge in [-0.25, -0.2) is 19.3 Å². The summed E-state index contributed by atoms with van der Waals surface area (Å²) in [6, 6.07) is 1.76. The van der Waals surface area contributed by atoms with Crippen molar-refractivity contribution in [3.05, 3.63) is 35.5 Å². The molecule has 164 valence electrons. The van der Waals surface area contributed by atoms with E-state index in [1.165, 1.54) is 0 Å². The zero-order chi connectivity index (χ0) is 21.6. The minimum Gasteiger partial charge on any atom is -0.771 e. The van der Waals surface area contributed by atoms with Crippen LogP contribution in [0.2, 0.25) is 5.02 Å². The largest absolute Gasteiger partial charge is 0.771 e. The van der Waals surface area contributed by atoms with Gasteiger partial charge in [0.2, 0.25) is 0 Å². The summed E-state index contributed by atoms with van der Waals surface area (Å²) in [5, 5.41) is 4.32. The van der Waals surface area contributed by atoms with E-state index in [1.54, 1.807) is 18.5 Å². The third-order valence-electron chi connectivity index (χ3n) is 6.13. The second-order valence-electron chi connectivity index (χ2n) is 8.05. The molecule has 0 amide bonds. The summed E-state index contributed by atoms with van der Waals surface area (Å²) < 4.78 is 38.1. The molecule has 5 rings (SSSR count). The Morgan fingerprint density at radius 3 is 2.97 bits per heavy atom. The van der Waals surface area contributed by atoms with Gasteiger partial charge in [-0.3, -0.25) is 9.11 Å². The molecule has 0 spiro atoms. The Morgan fingerprint density at radius 1 is 1.35 bits per heavy atom. The zero-order valence-corrected chi connectivity index (χ0v) is 18.2. The zero-order valence-electron chi connectivity index (χ0n) is 16.6. The Labute approximate surface area is 185 Å². The SMILES string of the molecule is O=S([O-])C1(N2CCCC[C@H]2CNc2nc(-c3c[nH]c4ncc(Cl)cc34)ncc2F)CC1. The number of halogens is 2. The Balaban J connectivity index is 1.38. The summed E-state index contributed by atoms with van der Waals surface area (Å²) in [6.45, 7) is 1.15. The van der Waals surface area contributed by atoms with Crippen molar-refractivity contribution >= 4 is 39.5 Å². The van der Waals surface area contributed by atoms with E-state index >= 15 is 0 Å². The lowest BCUT2D eigenvalue weighted by atomic mass is 10.0. The monoisotopic (exact) mass is 463 g/mol. The van der Waals surface area contributed by atoms with Crippen LogP contribution in [0, 0.1) is 5.82 Å². The molecule has 1 saturated heterocycles. The molecule has 0 aromatic carbocycles. The quantitative estimate of drug-likeness (QED) is 0.538. The second-order valence-corrected chi connectivity index (χ2v) is 9.71. The fourth-order valence-electron chi connectivity index (χ4n) is 4.40. The number of anilines is 1. The predicted molar refractivity (Wildman–Crippen MR) is 116 cm³/mol. The van der Waals surface area contributed by atoms with Gasteiger partial charge >= 0.3 is 0 Å². The topological polar surface area (TPSA) is 110 Å². The lowest BCUT2D eigenvalue weighted by Crippen LogP contribution is -2.52. The number of rotatable bonds is 6. The molecule has 8 nitrogen and oxygen atoms in total. The highest BCUT2D eigenvalue weighted by atomic mass is 35.5. The number of H-pyrrole nitrogens is 1. The molecule has 31 heavy (non-hydrogen) atoms. The molecule has 4 heterocycles. The number of nitrogens with one attached hydrogen (secondary N) is 2. The van der Waals surface area contributed by atoms with Crippen molar-refractivity contribution < 1.29 is 13.2 Å². The molecule has 2 atom stereocenters. The summed E-state index contributed by atoms with van der Waals surface area (Å²) in [6.07, 6.45) is 8.55. The highest BCUT2D eigenvalue weighted by Crippen LogP contribution is 2.47. The standard InChI is InChI=1S/C20H22ClFN6O2S/c21-12-7-14-15(10-25-17(14)23-8-12)18-26-11-16(22)19(27-18)24-9-13-3-1-2-6-28(13)20(4-5-20)31(29)30/h7-8,10-11,13H,1-6,9H2,(H,23,25)(H,29,30)(H,24,26,27)/p-1/t13-/m0/s1. The van der Waals surface area contributed by atoms with Gasteiger partial charge in [-0.05, 0) is 49.4 Å². The van der Waals surface area contributed by atoms with Crippen LogP contribution in [-0.2, 0) is 11.1 Å². The molecular weight excluding hydrogens is 443 g/mol. The van der Waals surface area contributed by atoms with Crippen LogP contribution in [0.3, 0.4) is 0 Å². The first-order valence-corrected chi connectivity index (χ1v) is 11.7. The minimum absolute atomic E-state index is 0.00283. The maximum Gasteiger partial charge on any atom is 0.183 e. The van der Waals surface area contributed by atoms with Crippen LogP contribution in [0.25, 0.3) is 22.4 Å². The van der Waals surface area contributed by atoms with Gasteiger partial charge in [0.25, 0.3) is 0 Å². The number of pyridine rings is 1. The van der Waals surface area contributed by atoms with Crippen molar-refractivity contribution in [2.24, 2.45) is 0 Å². The molecule has 2 aliphatic rings. The van der Waals surface area contributed by atoms with Gasteiger partial charge in [0.05, 0.1) is 16.1 Å². The third kappa shape index (κ3) is 3.82. The lowest BCUT2D eigenvalue weighted by molar-refractivity contribution is 0.125. The number of aromatic nitrogens is 4. The first-order chi connectivity index (χ1) is 15.0. The van der Waals surface area contributed by atoms with Crippen LogP contribution in [0.5, 0.6) is 0 Å². The number of piperidine rings is 1. The molecule has 1 saturated carbocycles. The molecule has 3 aromatic rings. The molecule has 2 fully saturated rings. The fourth-order valence-corrected chi connectivity index (χ4v) is 5.43. The van der Waals surface area contributed by atoms with Gasteiger partial charge in [-0.15, -0.1) is 0 Å². The summed E-state index contributed by atoms with van der Waals surface area (Å²) in [7, 11) is 0. The van der Waals surface area contributed by atoms with Crippen LogP contribution in [0.1, 0.15) is 32.1 Å². The molecule has 1 unspecified atom stereocenters. The summed E-state index contributed by atoms with van der Waals surface area (Å²) >= 11 is 3.92. The van der Waals surface area contributed by atoms with E-state index < -0.39 is 21.8 Å². The third-order valence-corrected chi connectivity index (χ3v) is 7.60. The van der Waals surface area contributed by atoms with E-state index in [9.17, 15) is 13.2 Å². The van der Waals surface area contributed by atoms with Crippen molar-refractivity contribution in [2.75, 3.05) is 18.4 Å². The summed E-state index contributed by atoms with van der Waals surface area (Å²) in [5.74, 6) is -0.123. The van der Waals surface area contributed by atoms with Gasteiger partial charge < -0.3 is 14.9 Å². The summed E-state index contributed by atoms with van der Waals surface area (Å²) in [5.41, 5.74) is 1.31. The first-order valence-electron chi connectivity index (χ1n) is 10.2. The van der Waals surface area contributed by atoms with Crippen molar-refractivity contribution in [3.63, 3.8) is 0 Å².